The van der Waals surface area contributed by atoms with E-state index >= 15 is 0 Å². The smallest absolute Gasteiger partial charge is 0.102 e. The molecule has 0 unspecified atom stereocenters. The molecule has 0 aromatic rings. The lowest BCUT2D eigenvalue weighted by Crippen LogP contribution is -3.00. The van der Waals surface area contributed by atoms with Gasteiger partial charge in [0.2, 0.25) is 0 Å². The van der Waals surface area contributed by atoms with Gasteiger partial charge in [0.15, 0.2) is 0 Å². The van der Waals surface area contributed by atoms with Crippen molar-refractivity contribution in [3.63, 3.8) is 0 Å². The summed E-state index contributed by atoms with van der Waals surface area (Å²) >= 11 is 0. The minimum absolute atomic E-state index is 0. The van der Waals surface area contributed by atoms with E-state index in [0.717, 1.165) is 24.2 Å². The lowest BCUT2D eigenvalue weighted by atomic mass is 10.4. The second kappa shape index (κ2) is 8.30. The third-order valence-corrected chi connectivity index (χ3v) is 1.70. The molecule has 0 aliphatic rings. The summed E-state index contributed by atoms with van der Waals surface area (Å²) in [4.78, 5) is 0. The highest BCUT2D eigenvalue weighted by atomic mass is 35.5. The molecule has 0 aromatic heterocycles. The molecule has 13 heavy (non-hydrogen) atoms. The zero-order chi connectivity index (χ0) is 9.45. The Kier molecular flexibility index (Phi) is 9.68. The molecule has 0 aromatic carbocycles. The van der Waals surface area contributed by atoms with Crippen LogP contribution in [0.3, 0.4) is 0 Å². The van der Waals surface area contributed by atoms with Gasteiger partial charge in [0.1, 0.15) is 6.54 Å². The Balaban J connectivity index is 0. The average molecular weight is 206 g/mol. The Morgan fingerprint density at radius 2 is 1.85 bits per heavy atom. The van der Waals surface area contributed by atoms with E-state index in [1.165, 1.54) is 0 Å². The number of rotatable bonds is 7. The van der Waals surface area contributed by atoms with Gasteiger partial charge < -0.3 is 21.6 Å². The van der Waals surface area contributed by atoms with E-state index in [0.29, 0.717) is 6.61 Å². The van der Waals surface area contributed by atoms with Gasteiger partial charge in [0.05, 0.1) is 33.9 Å². The Hall–Kier alpha value is -0.310. The van der Waals surface area contributed by atoms with Gasteiger partial charge in [-0.15, -0.1) is 6.58 Å². The molecule has 2 nitrogen and oxygen atoms in total. The standard InChI is InChI=1S/C10H20NO.ClH/c1-5-7-11(3,4)8-10-12-9-6-2;/h5-6H,1-2,7-10H2,3-4H3;1H/q+1;/p-1. The molecule has 0 N–H and O–H groups in total. The van der Waals surface area contributed by atoms with Gasteiger partial charge in [-0.2, -0.15) is 0 Å². The van der Waals surface area contributed by atoms with Gasteiger partial charge in [-0.05, 0) is 6.08 Å². The van der Waals surface area contributed by atoms with Crippen molar-refractivity contribution in [1.29, 1.82) is 0 Å². The minimum atomic E-state index is 0. The van der Waals surface area contributed by atoms with Crippen molar-refractivity contribution in [2.75, 3.05) is 40.4 Å². The molecule has 0 atom stereocenters. The number of halogens is 1. The zero-order valence-corrected chi connectivity index (χ0v) is 9.39. The molecule has 0 saturated heterocycles. The quantitative estimate of drug-likeness (QED) is 0.278. The van der Waals surface area contributed by atoms with Gasteiger partial charge in [-0.25, -0.2) is 0 Å². The molecule has 0 heterocycles. The molecule has 0 spiro atoms. The highest BCUT2D eigenvalue weighted by Gasteiger charge is 2.11. The molecule has 3 heteroatoms. The maximum absolute atomic E-state index is 5.30. The predicted molar refractivity (Wildman–Crippen MR) is 53.1 cm³/mol. The van der Waals surface area contributed by atoms with Crippen LogP contribution in [-0.4, -0.2) is 44.9 Å². The average Bonchev–Trinajstić information content (AvgIpc) is 1.98. The van der Waals surface area contributed by atoms with Gasteiger partial charge in [0.25, 0.3) is 0 Å². The molecule has 0 aliphatic carbocycles. The SMILES string of the molecule is C=CCOCC[N+](C)(C)CC=C.[Cl-]. The summed E-state index contributed by atoms with van der Waals surface area (Å²) in [5.41, 5.74) is 0. The van der Waals surface area contributed by atoms with E-state index in [2.05, 4.69) is 27.3 Å². The largest absolute Gasteiger partial charge is 1.00 e. The summed E-state index contributed by atoms with van der Waals surface area (Å²) in [5.74, 6) is 0. The molecular formula is C10H20ClNO. The summed E-state index contributed by atoms with van der Waals surface area (Å²) < 4.78 is 6.23. The lowest BCUT2D eigenvalue weighted by molar-refractivity contribution is -0.884. The van der Waals surface area contributed by atoms with Crippen LogP contribution < -0.4 is 12.4 Å². The van der Waals surface area contributed by atoms with E-state index in [-0.39, 0.29) is 12.4 Å². The summed E-state index contributed by atoms with van der Waals surface area (Å²) in [5, 5.41) is 0. The van der Waals surface area contributed by atoms with Gasteiger partial charge >= 0.3 is 0 Å². The van der Waals surface area contributed by atoms with Crippen molar-refractivity contribution >= 4 is 0 Å². The molecule has 0 bridgehead atoms. The molecule has 0 aliphatic heterocycles. The molecule has 0 radical (unpaired) electrons. The van der Waals surface area contributed by atoms with E-state index in [1.807, 2.05) is 6.08 Å². The molecule has 0 saturated carbocycles. The fourth-order valence-electron chi connectivity index (χ4n) is 0.919. The van der Waals surface area contributed by atoms with Crippen LogP contribution >= 0.6 is 0 Å². The first-order valence-electron chi connectivity index (χ1n) is 4.24. The van der Waals surface area contributed by atoms with Crippen LogP contribution in [0.15, 0.2) is 25.3 Å². The Bertz CT molecular complexity index is 146. The number of quaternary nitrogens is 1. The Morgan fingerprint density at radius 3 is 2.31 bits per heavy atom. The van der Waals surface area contributed by atoms with Crippen molar-refractivity contribution < 1.29 is 21.6 Å². The molecule has 78 valence electrons. The van der Waals surface area contributed by atoms with E-state index in [1.54, 1.807) is 6.08 Å². The highest BCUT2D eigenvalue weighted by Crippen LogP contribution is 1.96. The van der Waals surface area contributed by atoms with Crippen molar-refractivity contribution in [2.24, 2.45) is 0 Å². The number of ether oxygens (including phenoxy) is 1. The maximum atomic E-state index is 5.30. The number of likely N-dealkylation sites (N-methyl/N-ethyl adjacent to an activating group) is 1. The van der Waals surface area contributed by atoms with Crippen molar-refractivity contribution in [3.05, 3.63) is 25.3 Å². The Labute approximate surface area is 87.9 Å². The maximum Gasteiger partial charge on any atom is 0.102 e. The van der Waals surface area contributed by atoms with E-state index in [4.69, 9.17) is 4.74 Å². The van der Waals surface area contributed by atoms with Crippen molar-refractivity contribution in [1.82, 2.24) is 0 Å². The van der Waals surface area contributed by atoms with Gasteiger partial charge in [-0.1, -0.05) is 12.7 Å². The molecule has 0 amide bonds. The first-order chi connectivity index (χ1) is 5.62. The van der Waals surface area contributed by atoms with Gasteiger partial charge in [-0.3, -0.25) is 0 Å². The number of hydrogen-bond donors (Lipinski definition) is 0. The van der Waals surface area contributed by atoms with Crippen LogP contribution in [0.5, 0.6) is 0 Å². The fourth-order valence-corrected chi connectivity index (χ4v) is 0.919. The minimum Gasteiger partial charge on any atom is -1.00 e. The van der Waals surface area contributed by atoms with Crippen LogP contribution in [0.2, 0.25) is 0 Å². The topological polar surface area (TPSA) is 9.23 Å². The van der Waals surface area contributed by atoms with Crippen LogP contribution in [0, 0.1) is 0 Å². The van der Waals surface area contributed by atoms with E-state index in [9.17, 15) is 0 Å². The highest BCUT2D eigenvalue weighted by molar-refractivity contribution is 4.65. The molecule has 0 rings (SSSR count). The molecule has 0 fully saturated rings. The van der Waals surface area contributed by atoms with Crippen LogP contribution in [0.25, 0.3) is 0 Å². The number of nitrogens with zero attached hydrogens (tertiary/aromatic N) is 1. The second-order valence-corrected chi connectivity index (χ2v) is 3.49. The first-order valence-corrected chi connectivity index (χ1v) is 4.24. The summed E-state index contributed by atoms with van der Waals surface area (Å²) in [6.45, 7) is 10.7. The monoisotopic (exact) mass is 205 g/mol. The van der Waals surface area contributed by atoms with Crippen LogP contribution in [0.4, 0.5) is 0 Å². The lowest BCUT2D eigenvalue weighted by Gasteiger charge is -2.27. The number of hydrogen-bond acceptors (Lipinski definition) is 1. The summed E-state index contributed by atoms with van der Waals surface area (Å²) in [7, 11) is 4.33. The van der Waals surface area contributed by atoms with E-state index < -0.39 is 0 Å². The summed E-state index contributed by atoms with van der Waals surface area (Å²) in [6, 6.07) is 0. The normalized spacial score (nSPS) is 10.3. The Morgan fingerprint density at radius 1 is 1.23 bits per heavy atom. The zero-order valence-electron chi connectivity index (χ0n) is 8.63. The third kappa shape index (κ3) is 9.61. The van der Waals surface area contributed by atoms with Crippen molar-refractivity contribution in [2.45, 2.75) is 0 Å². The van der Waals surface area contributed by atoms with Crippen molar-refractivity contribution in [3.8, 4) is 0 Å². The van der Waals surface area contributed by atoms with Gasteiger partial charge in [0, 0.05) is 0 Å². The summed E-state index contributed by atoms with van der Waals surface area (Å²) in [6.07, 6.45) is 3.71. The van der Waals surface area contributed by atoms with Crippen LogP contribution in [-0.2, 0) is 4.74 Å². The molecular weight excluding hydrogens is 186 g/mol. The van der Waals surface area contributed by atoms with Crippen LogP contribution in [0.1, 0.15) is 0 Å². The predicted octanol–water partition coefficient (Wildman–Crippen LogP) is -1.54. The fraction of sp³-hybridized carbons (Fsp3) is 0.600. The first kappa shape index (κ1) is 15.2. The third-order valence-electron chi connectivity index (χ3n) is 1.70. The second-order valence-electron chi connectivity index (χ2n) is 3.49.